The molecule has 7 heteroatoms. The normalized spacial score (nSPS) is 15.4. The van der Waals surface area contributed by atoms with E-state index >= 15 is 0 Å². The molecule has 27 heavy (non-hydrogen) atoms. The van der Waals surface area contributed by atoms with Crippen LogP contribution >= 0.6 is 11.3 Å². The lowest BCUT2D eigenvalue weighted by atomic mass is 9.90. The Morgan fingerprint density at radius 2 is 1.85 bits per heavy atom. The maximum Gasteiger partial charge on any atom is 0.252 e. The molecule has 0 unspecified atom stereocenters. The lowest BCUT2D eigenvalue weighted by Gasteiger charge is -2.31. The standard InChI is InChI=1S/C20H26N4O2S/c1-15-14-27-20(21-15)12-18(25)22-23-19(26)13-24-9-7-17(8-10-24)11-16-5-3-2-4-6-16/h2-6,14,17H,7-13H2,1H3,(H,22,25)(H,23,26). The van der Waals surface area contributed by atoms with Crippen molar-refractivity contribution in [2.45, 2.75) is 32.6 Å². The number of carbonyl (C=O) groups excluding carboxylic acids is 2. The Kier molecular flexibility index (Phi) is 6.95. The number of nitrogens with one attached hydrogen (secondary N) is 2. The highest BCUT2D eigenvalue weighted by atomic mass is 32.1. The third-order valence-electron chi connectivity index (χ3n) is 4.76. The van der Waals surface area contributed by atoms with Crippen LogP contribution in [0.2, 0.25) is 0 Å². The minimum atomic E-state index is -0.251. The Hall–Kier alpha value is -2.25. The summed E-state index contributed by atoms with van der Waals surface area (Å²) in [7, 11) is 0. The highest BCUT2D eigenvalue weighted by Crippen LogP contribution is 2.21. The molecular weight excluding hydrogens is 360 g/mol. The molecule has 0 bridgehead atoms. The summed E-state index contributed by atoms with van der Waals surface area (Å²) in [5, 5.41) is 2.66. The summed E-state index contributed by atoms with van der Waals surface area (Å²) in [4.78, 5) is 30.3. The van der Waals surface area contributed by atoms with E-state index in [9.17, 15) is 9.59 Å². The zero-order chi connectivity index (χ0) is 19.1. The number of rotatable bonds is 6. The van der Waals surface area contributed by atoms with Gasteiger partial charge in [-0.25, -0.2) is 4.98 Å². The molecular formula is C20H26N4O2S. The predicted molar refractivity (Wildman–Crippen MR) is 106 cm³/mol. The van der Waals surface area contributed by atoms with Crippen molar-refractivity contribution < 1.29 is 9.59 Å². The predicted octanol–water partition coefficient (Wildman–Crippen LogP) is 2.10. The largest absolute Gasteiger partial charge is 0.294 e. The quantitative estimate of drug-likeness (QED) is 0.746. The van der Waals surface area contributed by atoms with Crippen LogP contribution in [0.15, 0.2) is 35.7 Å². The number of hydrogen-bond donors (Lipinski definition) is 2. The zero-order valence-corrected chi connectivity index (χ0v) is 16.4. The summed E-state index contributed by atoms with van der Waals surface area (Å²) in [5.41, 5.74) is 7.26. The number of nitrogens with zero attached hydrogens (tertiary/aromatic N) is 2. The molecule has 0 spiro atoms. The third-order valence-corrected chi connectivity index (χ3v) is 5.73. The molecule has 3 rings (SSSR count). The molecule has 1 aliphatic heterocycles. The van der Waals surface area contributed by atoms with Gasteiger partial charge >= 0.3 is 0 Å². The van der Waals surface area contributed by atoms with Gasteiger partial charge in [0.05, 0.1) is 13.0 Å². The molecule has 0 atom stereocenters. The number of aromatic nitrogens is 1. The van der Waals surface area contributed by atoms with Crippen molar-refractivity contribution in [3.05, 3.63) is 52.0 Å². The second-order valence-electron chi connectivity index (χ2n) is 7.07. The number of piperidine rings is 1. The van der Waals surface area contributed by atoms with Crippen molar-refractivity contribution in [3.8, 4) is 0 Å². The molecule has 2 aromatic rings. The molecule has 2 N–H and O–H groups in total. The molecule has 1 aromatic heterocycles. The second kappa shape index (κ2) is 9.62. The number of carbonyl (C=O) groups is 2. The molecule has 2 amide bonds. The average molecular weight is 387 g/mol. The van der Waals surface area contributed by atoms with E-state index < -0.39 is 0 Å². The molecule has 1 aromatic carbocycles. The van der Waals surface area contributed by atoms with Crippen LogP contribution in [0.4, 0.5) is 0 Å². The van der Waals surface area contributed by atoms with Crippen LogP contribution in [0.25, 0.3) is 0 Å². The minimum Gasteiger partial charge on any atom is -0.294 e. The number of amides is 2. The molecule has 0 aliphatic carbocycles. The minimum absolute atomic E-state index is 0.180. The molecule has 1 aliphatic rings. The van der Waals surface area contributed by atoms with Gasteiger partial charge in [-0.15, -0.1) is 11.3 Å². The topological polar surface area (TPSA) is 74.3 Å². The van der Waals surface area contributed by atoms with Gasteiger partial charge in [0.25, 0.3) is 5.91 Å². The van der Waals surface area contributed by atoms with E-state index in [2.05, 4.69) is 45.0 Å². The Bertz CT molecular complexity index is 754. The Labute approximate surface area is 164 Å². The van der Waals surface area contributed by atoms with Gasteiger partial charge in [0, 0.05) is 11.1 Å². The van der Waals surface area contributed by atoms with Crippen LogP contribution in [-0.4, -0.2) is 41.3 Å². The average Bonchev–Trinajstić information content (AvgIpc) is 3.07. The van der Waals surface area contributed by atoms with E-state index in [1.807, 2.05) is 18.4 Å². The fourth-order valence-electron chi connectivity index (χ4n) is 3.34. The van der Waals surface area contributed by atoms with Crippen molar-refractivity contribution in [2.75, 3.05) is 19.6 Å². The summed E-state index contributed by atoms with van der Waals surface area (Å²) < 4.78 is 0. The fraction of sp³-hybridized carbons (Fsp3) is 0.450. The smallest absolute Gasteiger partial charge is 0.252 e. The first-order valence-corrected chi connectivity index (χ1v) is 10.2. The lowest BCUT2D eigenvalue weighted by molar-refractivity contribution is -0.129. The molecule has 0 radical (unpaired) electrons. The molecule has 144 valence electrons. The van der Waals surface area contributed by atoms with Crippen LogP contribution in [-0.2, 0) is 22.4 Å². The van der Waals surface area contributed by atoms with E-state index in [4.69, 9.17) is 0 Å². The molecule has 1 fully saturated rings. The van der Waals surface area contributed by atoms with Crippen molar-refractivity contribution in [1.29, 1.82) is 0 Å². The molecule has 2 heterocycles. The van der Waals surface area contributed by atoms with Gasteiger partial charge in [0.15, 0.2) is 0 Å². The van der Waals surface area contributed by atoms with Crippen LogP contribution in [0.1, 0.15) is 29.1 Å². The number of hydrazine groups is 1. The van der Waals surface area contributed by atoms with E-state index in [1.54, 1.807) is 0 Å². The van der Waals surface area contributed by atoms with Gasteiger partial charge in [-0.1, -0.05) is 30.3 Å². The first-order chi connectivity index (χ1) is 13.1. The van der Waals surface area contributed by atoms with E-state index in [0.717, 1.165) is 43.1 Å². The maximum absolute atomic E-state index is 12.1. The third kappa shape index (κ3) is 6.45. The van der Waals surface area contributed by atoms with Gasteiger partial charge in [-0.3, -0.25) is 25.3 Å². The van der Waals surface area contributed by atoms with Crippen molar-refractivity contribution >= 4 is 23.2 Å². The van der Waals surface area contributed by atoms with Gasteiger partial charge in [0.1, 0.15) is 5.01 Å². The van der Waals surface area contributed by atoms with E-state index in [0.29, 0.717) is 12.5 Å². The van der Waals surface area contributed by atoms with Gasteiger partial charge in [0.2, 0.25) is 5.91 Å². The Morgan fingerprint density at radius 3 is 2.52 bits per heavy atom. The van der Waals surface area contributed by atoms with E-state index in [1.165, 1.54) is 16.9 Å². The Balaban J connectivity index is 1.32. The number of hydrogen-bond acceptors (Lipinski definition) is 5. The van der Waals surface area contributed by atoms with Crippen LogP contribution in [0, 0.1) is 12.8 Å². The van der Waals surface area contributed by atoms with Gasteiger partial charge in [-0.2, -0.15) is 0 Å². The Morgan fingerprint density at radius 1 is 1.15 bits per heavy atom. The highest BCUT2D eigenvalue weighted by molar-refractivity contribution is 7.09. The summed E-state index contributed by atoms with van der Waals surface area (Å²) in [6.07, 6.45) is 3.48. The number of benzene rings is 1. The van der Waals surface area contributed by atoms with Crippen molar-refractivity contribution in [2.24, 2.45) is 5.92 Å². The summed E-state index contributed by atoms with van der Waals surface area (Å²) in [6.45, 7) is 4.03. The fourth-order valence-corrected chi connectivity index (χ4v) is 4.11. The van der Waals surface area contributed by atoms with Crippen molar-refractivity contribution in [1.82, 2.24) is 20.7 Å². The van der Waals surface area contributed by atoms with E-state index in [-0.39, 0.29) is 18.2 Å². The number of likely N-dealkylation sites (tertiary alicyclic amines) is 1. The van der Waals surface area contributed by atoms with Crippen molar-refractivity contribution in [3.63, 3.8) is 0 Å². The van der Waals surface area contributed by atoms with Crippen LogP contribution < -0.4 is 10.9 Å². The summed E-state index contributed by atoms with van der Waals surface area (Å²) >= 11 is 1.45. The monoisotopic (exact) mass is 386 g/mol. The SMILES string of the molecule is Cc1csc(CC(=O)NNC(=O)CN2CCC(Cc3ccccc3)CC2)n1. The summed E-state index contributed by atoms with van der Waals surface area (Å²) in [5.74, 6) is 0.243. The number of aryl methyl sites for hydroxylation is 1. The van der Waals surface area contributed by atoms with Gasteiger partial charge in [-0.05, 0) is 50.8 Å². The summed E-state index contributed by atoms with van der Waals surface area (Å²) in [6, 6.07) is 10.6. The second-order valence-corrected chi connectivity index (χ2v) is 8.01. The maximum atomic E-state index is 12.1. The first kappa shape index (κ1) is 19.5. The van der Waals surface area contributed by atoms with Gasteiger partial charge < -0.3 is 0 Å². The molecule has 6 nitrogen and oxygen atoms in total. The number of thiazole rings is 1. The zero-order valence-electron chi connectivity index (χ0n) is 15.6. The first-order valence-electron chi connectivity index (χ1n) is 9.33. The highest BCUT2D eigenvalue weighted by Gasteiger charge is 2.21. The lowest BCUT2D eigenvalue weighted by Crippen LogP contribution is -2.48. The van der Waals surface area contributed by atoms with Crippen LogP contribution in [0.3, 0.4) is 0 Å². The molecule has 1 saturated heterocycles. The van der Waals surface area contributed by atoms with Crippen LogP contribution in [0.5, 0.6) is 0 Å². The molecule has 0 saturated carbocycles.